The molecule has 0 fully saturated rings. The van der Waals surface area contributed by atoms with E-state index in [0.717, 1.165) is 6.92 Å². The van der Waals surface area contributed by atoms with Gasteiger partial charge in [-0.2, -0.15) is 13.2 Å². The molecule has 0 spiro atoms. The summed E-state index contributed by atoms with van der Waals surface area (Å²) in [5, 5.41) is 0. The molecule has 0 aromatic heterocycles. The first kappa shape index (κ1) is 14.0. The smallest absolute Gasteiger partial charge is 0.330 e. The molecule has 6 heteroatoms. The molecule has 0 radical (unpaired) electrons. The summed E-state index contributed by atoms with van der Waals surface area (Å²) in [6, 6.07) is 0. The van der Waals surface area contributed by atoms with Crippen molar-refractivity contribution in [3.63, 3.8) is 0 Å². The second-order valence-electron chi connectivity index (χ2n) is 2.47. The Bertz CT molecular complexity index is 111. The van der Waals surface area contributed by atoms with Crippen LogP contribution in [0.15, 0.2) is 0 Å². The van der Waals surface area contributed by atoms with Crippen LogP contribution in [-0.2, 0) is 21.1 Å². The fraction of sp³-hybridized carbons (Fsp3) is 1.00. The van der Waals surface area contributed by atoms with E-state index in [1.54, 1.807) is 0 Å². The molecule has 0 aromatic rings. The number of halogens is 3. The summed E-state index contributed by atoms with van der Waals surface area (Å²) in [4.78, 5) is 0. The van der Waals surface area contributed by atoms with Crippen LogP contribution in [0, 0.1) is 5.41 Å². The van der Waals surface area contributed by atoms with Gasteiger partial charge in [0.15, 0.2) is 0 Å². The monoisotopic (exact) mass is 351 g/mol. The maximum Gasteiger partial charge on any atom is 0.396 e. The molecule has 2 nitrogen and oxygen atoms in total. The summed E-state index contributed by atoms with van der Waals surface area (Å²) in [6.45, 7) is 0.0764. The van der Waals surface area contributed by atoms with E-state index >= 15 is 0 Å². The van der Waals surface area contributed by atoms with Crippen LogP contribution in [0.1, 0.15) is 6.92 Å². The summed E-state index contributed by atoms with van der Waals surface area (Å²) >= 11 is 0. The van der Waals surface area contributed by atoms with Crippen molar-refractivity contribution in [2.24, 2.45) is 16.9 Å². The first-order valence-corrected chi connectivity index (χ1v) is 2.84. The van der Waals surface area contributed by atoms with Gasteiger partial charge in [0.25, 0.3) is 0 Å². The maximum absolute atomic E-state index is 11.9. The first-order chi connectivity index (χ1) is 4.37. The van der Waals surface area contributed by atoms with Crippen molar-refractivity contribution >= 4 is 0 Å². The molecule has 0 aliphatic carbocycles. The van der Waals surface area contributed by atoms with Gasteiger partial charge in [-0.05, 0) is 6.92 Å². The standard InChI is InChI=1S/C5H11F3N2.Pt/c1-4(2-9,3-10)5(6,7)8;/h2-3,9-10H2,1H3;. The van der Waals surface area contributed by atoms with E-state index < -0.39 is 24.7 Å². The number of hydrogen-bond donors (Lipinski definition) is 2. The Kier molecular flexibility index (Phi) is 5.62. The van der Waals surface area contributed by atoms with Crippen LogP contribution in [0.2, 0.25) is 0 Å². The molecular weight excluding hydrogens is 340 g/mol. The number of hydrogen-bond acceptors (Lipinski definition) is 2. The third kappa shape index (κ3) is 3.09. The quantitative estimate of drug-likeness (QED) is 0.760. The fourth-order valence-electron chi connectivity index (χ4n) is 0.315. The first-order valence-electron chi connectivity index (χ1n) is 2.84. The molecule has 0 aliphatic rings. The molecule has 0 aromatic carbocycles. The Hall–Kier alpha value is 0.398. The van der Waals surface area contributed by atoms with Crippen molar-refractivity contribution in [2.75, 3.05) is 13.1 Å². The normalized spacial score (nSPS) is 12.5. The summed E-state index contributed by atoms with van der Waals surface area (Å²) in [7, 11) is 0. The van der Waals surface area contributed by atoms with Crippen molar-refractivity contribution < 1.29 is 34.2 Å². The van der Waals surface area contributed by atoms with Crippen molar-refractivity contribution in [3.05, 3.63) is 0 Å². The van der Waals surface area contributed by atoms with Gasteiger partial charge in [0.1, 0.15) is 0 Å². The molecule has 0 unspecified atom stereocenters. The third-order valence-corrected chi connectivity index (χ3v) is 1.59. The van der Waals surface area contributed by atoms with Gasteiger partial charge in [0.05, 0.1) is 5.41 Å². The molecule has 0 rings (SSSR count). The minimum atomic E-state index is -4.30. The van der Waals surface area contributed by atoms with Gasteiger partial charge in [-0.15, -0.1) is 0 Å². The molecule has 0 atom stereocenters. The Morgan fingerprint density at radius 3 is 1.36 bits per heavy atom. The molecule has 4 N–H and O–H groups in total. The van der Waals surface area contributed by atoms with Crippen LogP contribution in [0.25, 0.3) is 0 Å². The Labute approximate surface area is 77.8 Å². The topological polar surface area (TPSA) is 52.0 Å². The van der Waals surface area contributed by atoms with Gasteiger partial charge in [-0.3, -0.25) is 0 Å². The molecule has 0 bridgehead atoms. The average Bonchev–Trinajstić information content (AvgIpc) is 1.84. The minimum absolute atomic E-state index is 0. The third-order valence-electron chi connectivity index (χ3n) is 1.59. The van der Waals surface area contributed by atoms with E-state index in [1.807, 2.05) is 0 Å². The molecule has 0 saturated carbocycles. The maximum atomic E-state index is 11.9. The number of rotatable bonds is 2. The Morgan fingerprint density at radius 2 is 1.36 bits per heavy atom. The zero-order valence-corrected chi connectivity index (χ0v) is 8.29. The molecule has 11 heavy (non-hydrogen) atoms. The van der Waals surface area contributed by atoms with Crippen LogP contribution in [-0.4, -0.2) is 19.3 Å². The molecule has 0 heterocycles. The molecule has 0 saturated heterocycles. The minimum Gasteiger partial charge on any atom is -0.330 e. The van der Waals surface area contributed by atoms with E-state index in [1.165, 1.54) is 0 Å². The SMILES string of the molecule is CC(CN)(CN)C(F)(F)F.[Pt]. The Balaban J connectivity index is 0. The van der Waals surface area contributed by atoms with Gasteiger partial charge in [-0.25, -0.2) is 0 Å². The zero-order valence-electron chi connectivity index (χ0n) is 6.02. The van der Waals surface area contributed by atoms with Gasteiger partial charge in [-0.1, -0.05) is 0 Å². The van der Waals surface area contributed by atoms with Crippen LogP contribution in [0.3, 0.4) is 0 Å². The van der Waals surface area contributed by atoms with Gasteiger partial charge in [0.2, 0.25) is 0 Å². The van der Waals surface area contributed by atoms with Crippen LogP contribution in [0.4, 0.5) is 13.2 Å². The van der Waals surface area contributed by atoms with Crippen molar-refractivity contribution in [1.82, 2.24) is 0 Å². The predicted octanol–water partition coefficient (Wildman–Crippen LogP) is 0.470. The summed E-state index contributed by atoms with van der Waals surface area (Å²) in [5.74, 6) is 0. The van der Waals surface area contributed by atoms with Gasteiger partial charge in [0, 0.05) is 34.2 Å². The number of alkyl halides is 3. The van der Waals surface area contributed by atoms with Gasteiger partial charge >= 0.3 is 6.18 Å². The summed E-state index contributed by atoms with van der Waals surface area (Å²) in [6.07, 6.45) is -4.30. The second-order valence-corrected chi connectivity index (χ2v) is 2.47. The second kappa shape index (κ2) is 4.43. The van der Waals surface area contributed by atoms with Crippen LogP contribution < -0.4 is 11.5 Å². The molecule has 0 amide bonds. The molecule has 0 aliphatic heterocycles. The fourth-order valence-corrected chi connectivity index (χ4v) is 0.315. The van der Waals surface area contributed by atoms with E-state index in [2.05, 4.69) is 0 Å². The Morgan fingerprint density at radius 1 is 1.09 bits per heavy atom. The van der Waals surface area contributed by atoms with E-state index in [0.29, 0.717) is 0 Å². The number of nitrogens with two attached hydrogens (primary N) is 2. The van der Waals surface area contributed by atoms with E-state index in [4.69, 9.17) is 11.5 Å². The molecular formula is C5H11F3N2Pt. The van der Waals surface area contributed by atoms with Crippen LogP contribution >= 0.6 is 0 Å². The van der Waals surface area contributed by atoms with E-state index in [9.17, 15) is 13.2 Å². The summed E-state index contributed by atoms with van der Waals surface area (Å²) < 4.78 is 35.8. The van der Waals surface area contributed by atoms with Crippen molar-refractivity contribution in [2.45, 2.75) is 13.1 Å². The largest absolute Gasteiger partial charge is 0.396 e. The van der Waals surface area contributed by atoms with Crippen LogP contribution in [0.5, 0.6) is 0 Å². The van der Waals surface area contributed by atoms with E-state index in [-0.39, 0.29) is 21.1 Å². The van der Waals surface area contributed by atoms with Crippen molar-refractivity contribution in [1.29, 1.82) is 0 Å². The van der Waals surface area contributed by atoms with Crippen molar-refractivity contribution in [3.8, 4) is 0 Å². The summed E-state index contributed by atoms with van der Waals surface area (Å²) in [5.41, 5.74) is 7.88. The molecule has 72 valence electrons. The average molecular weight is 351 g/mol. The zero-order chi connectivity index (χ0) is 8.41. The predicted molar refractivity (Wildman–Crippen MR) is 32.3 cm³/mol. The van der Waals surface area contributed by atoms with Gasteiger partial charge < -0.3 is 11.5 Å².